The van der Waals surface area contributed by atoms with Gasteiger partial charge in [-0.15, -0.1) is 0 Å². The summed E-state index contributed by atoms with van der Waals surface area (Å²) in [5.41, 5.74) is 5.37. The van der Waals surface area contributed by atoms with Crippen LogP contribution in [-0.2, 0) is 19.1 Å². The number of amides is 4. The molecule has 3 aromatic carbocycles. The van der Waals surface area contributed by atoms with Crippen molar-refractivity contribution in [2.24, 2.45) is 11.8 Å². The van der Waals surface area contributed by atoms with Crippen molar-refractivity contribution in [3.63, 3.8) is 0 Å². The fraction of sp³-hybridized carbons (Fsp3) is 0.435. The first kappa shape index (κ1) is 43.2. The van der Waals surface area contributed by atoms with Gasteiger partial charge in [0.1, 0.15) is 34.6 Å². The number of alkyl carbamates (subject to hydrolysis) is 2. The fourth-order valence-corrected chi connectivity index (χ4v) is 9.00. The summed E-state index contributed by atoms with van der Waals surface area (Å²) in [6.45, 7) is 11.6. The van der Waals surface area contributed by atoms with Crippen molar-refractivity contribution < 1.29 is 28.7 Å². The quantitative estimate of drug-likeness (QED) is 0.102. The van der Waals surface area contributed by atoms with E-state index in [1.54, 1.807) is 0 Å². The van der Waals surface area contributed by atoms with Crippen LogP contribution in [0.15, 0.2) is 66.9 Å². The second-order valence-electron chi connectivity index (χ2n) is 16.9. The lowest BCUT2D eigenvalue weighted by Crippen LogP contribution is -2.52. The van der Waals surface area contributed by atoms with Crippen LogP contribution in [0.5, 0.6) is 0 Å². The Kier molecular flexibility index (Phi) is 12.7. The van der Waals surface area contributed by atoms with Crippen LogP contribution in [0.1, 0.15) is 91.0 Å². The molecule has 2 aromatic heterocycles. The summed E-state index contributed by atoms with van der Waals surface area (Å²) in [5, 5.41) is 7.97. The van der Waals surface area contributed by atoms with Crippen LogP contribution < -0.4 is 10.6 Å². The van der Waals surface area contributed by atoms with E-state index in [1.807, 2.05) is 81.8 Å². The molecule has 7 rings (SSSR count). The number of halogens is 1. The molecule has 0 aliphatic carbocycles. The average Bonchev–Trinajstić information content (AvgIpc) is 4.06. The predicted octanol–water partition coefficient (Wildman–Crippen LogP) is 8.81. The summed E-state index contributed by atoms with van der Waals surface area (Å²) in [6.07, 6.45) is 3.63. The highest BCUT2D eigenvalue weighted by Crippen LogP contribution is 2.40. The maximum absolute atomic E-state index is 13.8. The Bertz CT molecular complexity index is 2410. The predicted molar refractivity (Wildman–Crippen MR) is 234 cm³/mol. The summed E-state index contributed by atoms with van der Waals surface area (Å²) in [7, 11) is 2.57. The molecule has 4 N–H and O–H groups in total. The van der Waals surface area contributed by atoms with Gasteiger partial charge in [0.05, 0.1) is 38.2 Å². The van der Waals surface area contributed by atoms with Gasteiger partial charge in [-0.3, -0.25) is 9.59 Å². The summed E-state index contributed by atoms with van der Waals surface area (Å²) in [5.74, 6) is 0.730. The Morgan fingerprint density at radius 2 is 1.15 bits per heavy atom. The summed E-state index contributed by atoms with van der Waals surface area (Å²) >= 11 is 6.77. The van der Waals surface area contributed by atoms with Crippen LogP contribution in [0.3, 0.4) is 0 Å². The molecule has 0 spiro atoms. The van der Waals surface area contributed by atoms with Gasteiger partial charge in [0.25, 0.3) is 0 Å². The van der Waals surface area contributed by atoms with Gasteiger partial charge in [-0.05, 0) is 85.4 Å². The normalized spacial score (nSPS) is 20.0. The first-order valence-corrected chi connectivity index (χ1v) is 21.3. The molecule has 4 amide bonds. The van der Waals surface area contributed by atoms with Crippen molar-refractivity contribution in [1.29, 1.82) is 0 Å². The minimum atomic E-state index is -0.740. The van der Waals surface area contributed by atoms with Gasteiger partial charge in [-0.25, -0.2) is 19.6 Å². The lowest BCUT2D eigenvalue weighted by atomic mass is 9.98. The number of methoxy groups -OCH3 is 2. The summed E-state index contributed by atoms with van der Waals surface area (Å²) in [4.78, 5) is 71.8. The third-order valence-electron chi connectivity index (χ3n) is 12.2. The van der Waals surface area contributed by atoms with E-state index in [0.29, 0.717) is 23.1 Å². The molecular formula is C46H55ClN8O6. The van der Waals surface area contributed by atoms with Gasteiger partial charge < -0.3 is 39.9 Å². The van der Waals surface area contributed by atoms with Gasteiger partial charge in [-0.1, -0.05) is 87.8 Å². The molecule has 5 aromatic rings. The molecular weight excluding hydrogens is 796 g/mol. The zero-order valence-electron chi connectivity index (χ0n) is 35.9. The highest BCUT2D eigenvalue weighted by molar-refractivity contribution is 6.32. The number of H-pyrrole nitrogens is 2. The number of nitrogens with zero attached hydrogens (tertiary/aromatic N) is 4. The van der Waals surface area contributed by atoms with E-state index in [4.69, 9.17) is 31.0 Å². The Labute approximate surface area is 361 Å². The van der Waals surface area contributed by atoms with Crippen LogP contribution in [-0.4, -0.2) is 92.1 Å². The van der Waals surface area contributed by atoms with Crippen LogP contribution in [0, 0.1) is 11.8 Å². The molecule has 2 saturated heterocycles. The second-order valence-corrected chi connectivity index (χ2v) is 17.3. The number of imidazole rings is 2. The number of carbonyl (C=O) groups is 4. The standard InChI is InChI=1S/C46H55ClN8O6/c1-24(2)37(51-45(58)60-7)43(56)54-26(5)9-19-35(54)41-48-23-34(49-41)33-18-17-31-21-30(15-16-32(31)22-33)28-11-13-29(14-12-28)39-40(47)53-42(50-39)36-20-10-27(6)55(36)44(57)38(25(3)4)52-46(59)61-8/h11-18,21-27,35-38H,9-10,19-20H2,1-8H3,(H,48,49)(H,50,53)(H,51,58)(H,52,59)/t26-,27-,35-,36-,37?,38?/m0/s1. The van der Waals surface area contributed by atoms with Gasteiger partial charge in [-0.2, -0.15) is 0 Å². The molecule has 322 valence electrons. The number of fused-ring (bicyclic) bond motifs is 1. The van der Waals surface area contributed by atoms with E-state index in [9.17, 15) is 19.2 Å². The maximum Gasteiger partial charge on any atom is 0.407 e. The Morgan fingerprint density at radius 1 is 0.672 bits per heavy atom. The first-order chi connectivity index (χ1) is 29.2. The first-order valence-electron chi connectivity index (χ1n) is 21.0. The zero-order valence-corrected chi connectivity index (χ0v) is 36.7. The molecule has 0 bridgehead atoms. The Balaban J connectivity index is 1.06. The highest BCUT2D eigenvalue weighted by atomic mass is 35.5. The van der Waals surface area contributed by atoms with E-state index in [0.717, 1.165) is 63.8 Å². The smallest absolute Gasteiger partial charge is 0.407 e. The SMILES string of the molecule is COC(=O)NC(C(=O)N1[C@@H](C)CC[C@H]1c1ncc(-c2ccc3cc(-c4ccc(-c5nc([C@@H]6CC[C@H](C)N6C(=O)C(NC(=O)OC)C(C)C)[nH]c5Cl)cc4)ccc3c2)[nH]1)C(C)C. The molecule has 4 heterocycles. The molecule has 2 aliphatic rings. The summed E-state index contributed by atoms with van der Waals surface area (Å²) in [6, 6.07) is 18.7. The van der Waals surface area contributed by atoms with E-state index < -0.39 is 24.3 Å². The minimum Gasteiger partial charge on any atom is -0.453 e. The lowest BCUT2D eigenvalue weighted by Gasteiger charge is -2.32. The van der Waals surface area contributed by atoms with Crippen LogP contribution in [0.2, 0.25) is 5.15 Å². The number of aromatic nitrogens is 4. The number of benzene rings is 3. The third-order valence-corrected chi connectivity index (χ3v) is 12.5. The molecule has 0 radical (unpaired) electrons. The van der Waals surface area contributed by atoms with Crippen molar-refractivity contribution in [3.05, 3.63) is 83.7 Å². The summed E-state index contributed by atoms with van der Waals surface area (Å²) < 4.78 is 9.58. The van der Waals surface area contributed by atoms with Crippen molar-refractivity contribution in [2.75, 3.05) is 14.2 Å². The molecule has 6 atom stereocenters. The van der Waals surface area contributed by atoms with Gasteiger partial charge >= 0.3 is 12.2 Å². The van der Waals surface area contributed by atoms with Crippen molar-refractivity contribution in [1.82, 2.24) is 40.4 Å². The number of ether oxygens (including phenoxy) is 2. The highest BCUT2D eigenvalue weighted by Gasteiger charge is 2.43. The van der Waals surface area contributed by atoms with Crippen molar-refractivity contribution in [3.8, 4) is 33.6 Å². The van der Waals surface area contributed by atoms with E-state index in [-0.39, 0.29) is 47.8 Å². The van der Waals surface area contributed by atoms with Gasteiger partial charge in [0.2, 0.25) is 11.8 Å². The third kappa shape index (κ3) is 8.81. The van der Waals surface area contributed by atoms with Crippen molar-refractivity contribution in [2.45, 2.75) is 103 Å². The van der Waals surface area contributed by atoms with Crippen LogP contribution >= 0.6 is 11.6 Å². The molecule has 14 nitrogen and oxygen atoms in total. The van der Waals surface area contributed by atoms with Gasteiger partial charge in [0, 0.05) is 23.2 Å². The Morgan fingerprint density at radius 3 is 1.67 bits per heavy atom. The number of hydrogen-bond acceptors (Lipinski definition) is 8. The minimum absolute atomic E-state index is 0.00716. The van der Waals surface area contributed by atoms with Crippen molar-refractivity contribution >= 4 is 46.4 Å². The molecule has 2 aliphatic heterocycles. The maximum atomic E-state index is 13.8. The number of rotatable bonds is 11. The fourth-order valence-electron chi connectivity index (χ4n) is 8.75. The molecule has 2 fully saturated rings. The molecule has 15 heteroatoms. The van der Waals surface area contributed by atoms with E-state index in [1.165, 1.54) is 14.2 Å². The average molecular weight is 851 g/mol. The molecule has 61 heavy (non-hydrogen) atoms. The Hall–Kier alpha value is -5.89. The topological polar surface area (TPSA) is 175 Å². The van der Waals surface area contributed by atoms with Crippen LogP contribution in [0.25, 0.3) is 44.4 Å². The number of hydrogen-bond donors (Lipinski definition) is 4. The number of aromatic amines is 2. The van der Waals surface area contributed by atoms with Gasteiger partial charge in [0.15, 0.2) is 0 Å². The second kappa shape index (κ2) is 18.0. The monoisotopic (exact) mass is 850 g/mol. The number of nitrogens with one attached hydrogen (secondary N) is 4. The van der Waals surface area contributed by atoms with E-state index in [2.05, 4.69) is 57.0 Å². The largest absolute Gasteiger partial charge is 0.453 e. The molecule has 0 saturated carbocycles. The zero-order chi connectivity index (χ0) is 43.7. The molecule has 2 unspecified atom stereocenters. The number of carbonyl (C=O) groups excluding carboxylic acids is 4. The lowest BCUT2D eigenvalue weighted by molar-refractivity contribution is -0.138. The van der Waals surface area contributed by atoms with E-state index >= 15 is 0 Å². The van der Waals surface area contributed by atoms with Crippen LogP contribution in [0.4, 0.5) is 9.59 Å². The number of likely N-dealkylation sites (tertiary alicyclic amines) is 2.